The number of thiazole rings is 1. The van der Waals surface area contributed by atoms with Gasteiger partial charge in [-0.1, -0.05) is 34.2 Å². The van der Waals surface area contributed by atoms with Crippen molar-refractivity contribution in [1.82, 2.24) is 19.6 Å². The molecule has 3 aromatic rings. The van der Waals surface area contributed by atoms with E-state index in [1.807, 2.05) is 45.9 Å². The second kappa shape index (κ2) is 9.44. The summed E-state index contributed by atoms with van der Waals surface area (Å²) in [5.41, 5.74) is 6.93. The number of oxime groups is 1. The number of hydrogen-bond donors (Lipinski definition) is 3. The van der Waals surface area contributed by atoms with Crippen molar-refractivity contribution in [1.29, 1.82) is 0 Å². The number of carbonyl (C=O) groups excluding carboxylic acids is 2. The van der Waals surface area contributed by atoms with Crippen molar-refractivity contribution in [2.45, 2.75) is 18.0 Å². The van der Waals surface area contributed by atoms with Gasteiger partial charge >= 0.3 is 5.97 Å². The molecule has 2 amide bonds. The van der Waals surface area contributed by atoms with E-state index in [1.54, 1.807) is 0 Å². The normalized spacial score (nSPS) is 19.8. The zero-order valence-electron chi connectivity index (χ0n) is 18.6. The minimum absolute atomic E-state index is 0.0313. The van der Waals surface area contributed by atoms with Crippen LogP contribution in [0, 0.1) is 0 Å². The monoisotopic (exact) mass is 548 g/mol. The number of aromatic nitrogens is 3. The first-order valence-corrected chi connectivity index (χ1v) is 12.7. The van der Waals surface area contributed by atoms with Gasteiger partial charge in [0.15, 0.2) is 16.4 Å². The quantitative estimate of drug-likeness (QED) is 0.169. The van der Waals surface area contributed by atoms with Gasteiger partial charge in [0.05, 0.1) is 6.20 Å². The van der Waals surface area contributed by atoms with Gasteiger partial charge in [0, 0.05) is 11.3 Å². The molecule has 0 aromatic carbocycles. The van der Waals surface area contributed by atoms with Gasteiger partial charge < -0.3 is 21.0 Å². The number of nitrogen functional groups attached to an aromatic ring is 1. The van der Waals surface area contributed by atoms with Crippen molar-refractivity contribution in [2.24, 2.45) is 5.16 Å². The van der Waals surface area contributed by atoms with Crippen molar-refractivity contribution in [3.8, 4) is 0 Å². The average molecular weight is 549 g/mol. The van der Waals surface area contributed by atoms with Gasteiger partial charge in [-0.05, 0) is 12.1 Å². The van der Waals surface area contributed by atoms with Crippen molar-refractivity contribution >= 4 is 68.8 Å². The SMILES string of the molecule is CO/N=C(/C(=O)N[C@H]1C(=O)N2C(C(=O)O)=C(C[n+]3cc4ccccn4c3)CS[C@@H]12)c1nc(N)sc1Cl. The van der Waals surface area contributed by atoms with E-state index in [0.717, 1.165) is 16.9 Å². The zero-order valence-corrected chi connectivity index (χ0v) is 21.0. The topological polar surface area (TPSA) is 156 Å². The number of rotatable bonds is 7. The molecule has 0 aliphatic carbocycles. The van der Waals surface area contributed by atoms with Crippen LogP contribution < -0.4 is 15.6 Å². The number of halogens is 1. The van der Waals surface area contributed by atoms with E-state index >= 15 is 0 Å². The Hall–Kier alpha value is -3.62. The number of imidazole rings is 1. The van der Waals surface area contributed by atoms with E-state index < -0.39 is 29.2 Å². The zero-order chi connectivity index (χ0) is 25.6. The van der Waals surface area contributed by atoms with Crippen molar-refractivity contribution in [3.63, 3.8) is 0 Å². The van der Waals surface area contributed by atoms with Crippen molar-refractivity contribution < 1.29 is 28.9 Å². The van der Waals surface area contributed by atoms with E-state index in [0.29, 0.717) is 17.9 Å². The van der Waals surface area contributed by atoms with Gasteiger partial charge in [-0.2, -0.15) is 0 Å². The first-order valence-electron chi connectivity index (χ1n) is 10.5. The van der Waals surface area contributed by atoms with Crippen LogP contribution in [0.2, 0.25) is 4.34 Å². The molecule has 1 fully saturated rings. The molecule has 0 bridgehead atoms. The molecule has 1 saturated heterocycles. The third kappa shape index (κ3) is 4.16. The predicted octanol–water partition coefficient (Wildman–Crippen LogP) is 0.708. The van der Waals surface area contributed by atoms with Crippen molar-refractivity contribution in [3.05, 3.63) is 58.2 Å². The number of hydrogen-bond acceptors (Lipinski definition) is 9. The fourth-order valence-electron chi connectivity index (χ4n) is 4.11. The van der Waals surface area contributed by atoms with E-state index in [4.69, 9.17) is 22.2 Å². The molecular weight excluding hydrogens is 530 g/mol. The van der Waals surface area contributed by atoms with Gasteiger partial charge in [-0.15, -0.1) is 11.8 Å². The molecule has 0 radical (unpaired) electrons. The van der Waals surface area contributed by atoms with Crippen LogP contribution in [-0.2, 0) is 25.8 Å². The molecule has 5 heterocycles. The molecule has 3 aromatic heterocycles. The highest BCUT2D eigenvalue weighted by Gasteiger charge is 2.54. The van der Waals surface area contributed by atoms with Crippen LogP contribution in [0.25, 0.3) is 5.52 Å². The highest BCUT2D eigenvalue weighted by Crippen LogP contribution is 2.40. The van der Waals surface area contributed by atoms with E-state index in [2.05, 4.69) is 15.5 Å². The van der Waals surface area contributed by atoms with Gasteiger partial charge in [0.2, 0.25) is 6.33 Å². The number of aliphatic carboxylic acids is 1. The molecule has 186 valence electrons. The average Bonchev–Trinajstić information content (AvgIpc) is 3.41. The predicted molar refractivity (Wildman–Crippen MR) is 132 cm³/mol. The first kappa shape index (κ1) is 24.1. The van der Waals surface area contributed by atoms with Crippen LogP contribution >= 0.6 is 34.7 Å². The second-order valence-corrected chi connectivity index (χ2v) is 10.6. The molecule has 0 saturated carbocycles. The number of β-lactam (4-membered cyclic amide) rings is 1. The number of pyridine rings is 1. The lowest BCUT2D eigenvalue weighted by atomic mass is 10.0. The summed E-state index contributed by atoms with van der Waals surface area (Å²) in [6.07, 6.45) is 5.65. The van der Waals surface area contributed by atoms with Gasteiger partial charge in [0.25, 0.3) is 11.8 Å². The van der Waals surface area contributed by atoms with Gasteiger partial charge in [0.1, 0.15) is 47.0 Å². The Labute approximate surface area is 217 Å². The summed E-state index contributed by atoms with van der Waals surface area (Å²) in [6.45, 7) is 0.304. The number of fused-ring (bicyclic) bond motifs is 2. The summed E-state index contributed by atoms with van der Waals surface area (Å²) in [5, 5.41) is 15.8. The Morgan fingerprint density at radius 1 is 1.44 bits per heavy atom. The van der Waals surface area contributed by atoms with Crippen LogP contribution in [-0.4, -0.2) is 67.2 Å². The maximum absolute atomic E-state index is 13.0. The van der Waals surface area contributed by atoms with Crippen LogP contribution in [0.4, 0.5) is 5.13 Å². The van der Waals surface area contributed by atoms with E-state index in [-0.39, 0.29) is 26.6 Å². The summed E-state index contributed by atoms with van der Waals surface area (Å²) >= 11 is 8.45. The van der Waals surface area contributed by atoms with Gasteiger partial charge in [-0.3, -0.25) is 14.5 Å². The summed E-state index contributed by atoms with van der Waals surface area (Å²) < 4.78 is 3.93. The molecule has 15 heteroatoms. The number of carboxylic acids is 1. The van der Waals surface area contributed by atoms with Crippen molar-refractivity contribution in [2.75, 3.05) is 18.6 Å². The third-order valence-electron chi connectivity index (χ3n) is 5.63. The first-order chi connectivity index (χ1) is 17.3. The minimum atomic E-state index is -1.20. The third-order valence-corrected chi connectivity index (χ3v) is 8.05. The number of nitrogens with two attached hydrogens (primary N) is 1. The van der Waals surface area contributed by atoms with Crippen LogP contribution in [0.1, 0.15) is 5.69 Å². The molecule has 2 atom stereocenters. The van der Waals surface area contributed by atoms with Crippen LogP contribution in [0.3, 0.4) is 0 Å². The summed E-state index contributed by atoms with van der Waals surface area (Å²) in [4.78, 5) is 48.1. The number of carbonyl (C=O) groups is 3. The highest BCUT2D eigenvalue weighted by atomic mass is 35.5. The number of nitrogens with zero attached hydrogens (tertiary/aromatic N) is 5. The summed E-state index contributed by atoms with van der Waals surface area (Å²) in [7, 11) is 1.25. The molecule has 36 heavy (non-hydrogen) atoms. The Bertz CT molecular complexity index is 1430. The maximum atomic E-state index is 13.0. The lowest BCUT2D eigenvalue weighted by molar-refractivity contribution is -0.687. The summed E-state index contributed by atoms with van der Waals surface area (Å²) in [6, 6.07) is 4.79. The molecule has 0 spiro atoms. The molecule has 4 N–H and O–H groups in total. The number of carboxylic acid groups (broad SMARTS) is 1. The summed E-state index contributed by atoms with van der Waals surface area (Å²) in [5.74, 6) is -2.12. The number of nitrogens with one attached hydrogen (secondary N) is 1. The number of amides is 2. The lowest BCUT2D eigenvalue weighted by Gasteiger charge is -2.49. The Morgan fingerprint density at radius 3 is 2.92 bits per heavy atom. The van der Waals surface area contributed by atoms with Crippen LogP contribution in [0.15, 0.2) is 53.3 Å². The fourth-order valence-corrected chi connectivity index (χ4v) is 6.38. The van der Waals surface area contributed by atoms with Crippen LogP contribution in [0.5, 0.6) is 0 Å². The fraction of sp³-hybridized carbons (Fsp3) is 0.238. The molecule has 0 unspecified atom stereocenters. The molecule has 2 aliphatic rings. The number of thioether (sulfide) groups is 1. The maximum Gasteiger partial charge on any atom is 0.352 e. The lowest BCUT2D eigenvalue weighted by Crippen LogP contribution is -2.71. The Balaban J connectivity index is 1.36. The Morgan fingerprint density at radius 2 is 2.25 bits per heavy atom. The molecule has 12 nitrogen and oxygen atoms in total. The smallest absolute Gasteiger partial charge is 0.352 e. The number of anilines is 1. The Kier molecular flexibility index (Phi) is 6.32. The van der Waals surface area contributed by atoms with Gasteiger partial charge in [-0.25, -0.2) is 18.7 Å². The second-order valence-electron chi connectivity index (χ2n) is 7.86. The minimum Gasteiger partial charge on any atom is -0.477 e. The van der Waals surface area contributed by atoms with E-state index in [1.165, 1.54) is 23.8 Å². The molecule has 2 aliphatic heterocycles. The van der Waals surface area contributed by atoms with E-state index in [9.17, 15) is 19.5 Å². The molecule has 5 rings (SSSR count). The largest absolute Gasteiger partial charge is 0.477 e. The molecular formula is C21H19ClN7O5S2+. The highest BCUT2D eigenvalue weighted by molar-refractivity contribution is 8.00. The standard InChI is InChI=1S/C21H18ClN7O5S2/c1-34-26-13(12-16(22)36-21(23)25-12)17(30)24-14-18(31)29-15(20(32)33)10(8-35-19(14)29)6-27-7-11-4-2-3-5-28(11)9-27/h2-5,7,9,14,19H,6,8H2,1H3,(H3-,23,24,25,30,32,33)/p+1/b26-13+/t14-,19-/m0/s1.